The maximum Gasteiger partial charge on any atom is 0.247 e. The first-order valence-electron chi connectivity index (χ1n) is 31.6. The van der Waals surface area contributed by atoms with Crippen LogP contribution in [0.4, 0.5) is 0 Å². The van der Waals surface area contributed by atoms with Gasteiger partial charge in [0.25, 0.3) is 0 Å². The van der Waals surface area contributed by atoms with E-state index < -0.39 is 77.9 Å². The van der Waals surface area contributed by atoms with Crippen molar-refractivity contribution in [3.63, 3.8) is 0 Å². The van der Waals surface area contributed by atoms with Crippen LogP contribution in [0.2, 0.25) is 0 Å². The number of benzene rings is 3. The molecule has 11 atom stereocenters. The Kier molecular flexibility index (Phi) is 26.5. The lowest BCUT2D eigenvalue weighted by atomic mass is 9.92. The predicted molar refractivity (Wildman–Crippen MR) is 328 cm³/mol. The number of fused-ring (bicyclic) bond motifs is 2. The molecule has 4 heterocycles. The average Bonchev–Trinajstić information content (AvgIpc) is 2.20. The van der Waals surface area contributed by atoms with Gasteiger partial charge in [-0.3, -0.25) is 43.2 Å². The fourth-order valence-electron chi connectivity index (χ4n) is 12.9. The normalized spacial score (nSPS) is 22.8. The highest BCUT2D eigenvalue weighted by Crippen LogP contribution is 2.37. The van der Waals surface area contributed by atoms with Crippen LogP contribution in [0.15, 0.2) is 91.0 Å². The van der Waals surface area contributed by atoms with E-state index in [4.69, 9.17) is 4.74 Å². The zero-order valence-corrected chi connectivity index (χ0v) is 51.1. The third-order valence-electron chi connectivity index (χ3n) is 17.8. The first-order chi connectivity index (χ1) is 42.2. The number of nitrogens with one attached hydrogen (secondary N) is 9. The number of unbranched alkanes of at least 4 members (excludes halogenated alkanes) is 5. The van der Waals surface area contributed by atoms with Crippen molar-refractivity contribution in [3.05, 3.63) is 108 Å². The molecule has 0 saturated carbocycles. The van der Waals surface area contributed by atoms with Crippen LogP contribution in [0, 0.1) is 11.8 Å². The van der Waals surface area contributed by atoms with E-state index in [1.54, 1.807) is 48.2 Å². The van der Waals surface area contributed by atoms with Gasteiger partial charge in [-0.2, -0.15) is 0 Å². The molecule has 0 radical (unpaired) electrons. The Morgan fingerprint density at radius 1 is 0.517 bits per heavy atom. The number of likely N-dealkylation sites (N-methyl/N-ethyl adjacent to an activating group) is 2. The third-order valence-corrected chi connectivity index (χ3v) is 17.8. The molecule has 87 heavy (non-hydrogen) atoms. The molecule has 0 bridgehead atoms. The van der Waals surface area contributed by atoms with E-state index in [1.807, 2.05) is 80.6 Å². The second kappa shape index (κ2) is 34.3. The first-order valence-corrected chi connectivity index (χ1v) is 31.6. The van der Waals surface area contributed by atoms with Crippen LogP contribution >= 0.6 is 0 Å². The molecule has 4 aliphatic rings. The highest BCUT2D eigenvalue weighted by atomic mass is 16.5. The standard InChI is InChI=1S/C65H93N11O11/c1-5-49(66-3)59(80)73-57-45(28-30-47-32-34-51(75(47)64(57)85)61(82)71-55(42-22-14-11-15-23-42)43-24-16-12-17-25-43)38-70-54(79)41-87-40-53(78)68-36-20-9-7-8-10-21-37-69-63(84)56(44-26-18-13-19-27-44)72-62(83)52-35-33-48-31-29-46(39-77)58(65(86)76(48)52)74-60(81)50(6-2)67-4/h11-19,22-27,45-52,55-58,66-67,77H,5-10,20-21,28-41H2,1-4H3,(H,68,78)(H,69,84)(H,70,79)(H,71,82)(H,72,83)(H,73,80)(H,74,81)/t45-,46-,47+,48+,49+,50+,51+,52+,56+,57+,58+/m1/s1. The number of hydrogen-bond donors (Lipinski definition) is 10. The molecule has 22 nitrogen and oxygen atoms in total. The summed E-state index contributed by atoms with van der Waals surface area (Å²) in [5, 5.41) is 36.9. The van der Waals surface area contributed by atoms with Gasteiger partial charge in [0, 0.05) is 50.2 Å². The van der Waals surface area contributed by atoms with Crippen molar-refractivity contribution < 1.29 is 53.0 Å². The van der Waals surface area contributed by atoms with Gasteiger partial charge in [0.1, 0.15) is 43.4 Å². The summed E-state index contributed by atoms with van der Waals surface area (Å²) >= 11 is 0. The van der Waals surface area contributed by atoms with Gasteiger partial charge in [0.15, 0.2) is 0 Å². The monoisotopic (exact) mass is 1200 g/mol. The summed E-state index contributed by atoms with van der Waals surface area (Å²) in [6.45, 7) is 3.61. The minimum absolute atomic E-state index is 0.0638. The predicted octanol–water partition coefficient (Wildman–Crippen LogP) is 2.95. The Bertz CT molecular complexity index is 2700. The highest BCUT2D eigenvalue weighted by molar-refractivity contribution is 5.97. The number of aliphatic hydroxyl groups is 1. The smallest absolute Gasteiger partial charge is 0.247 e. The summed E-state index contributed by atoms with van der Waals surface area (Å²) in [7, 11) is 3.35. The van der Waals surface area contributed by atoms with Gasteiger partial charge >= 0.3 is 0 Å². The number of nitrogens with zero attached hydrogens (tertiary/aromatic N) is 2. The van der Waals surface area contributed by atoms with Gasteiger partial charge in [0.2, 0.25) is 53.2 Å². The molecule has 7 rings (SSSR count). The van der Waals surface area contributed by atoms with Gasteiger partial charge in [-0.1, -0.05) is 131 Å². The van der Waals surface area contributed by atoms with E-state index in [9.17, 15) is 48.3 Å². The topological polar surface area (TPSA) is 298 Å². The number of rotatable bonds is 32. The Labute approximate surface area is 512 Å². The van der Waals surface area contributed by atoms with Gasteiger partial charge in [-0.05, 0) is 108 Å². The molecule has 10 N–H and O–H groups in total. The van der Waals surface area contributed by atoms with Gasteiger partial charge in [0.05, 0.1) is 18.1 Å². The second-order valence-electron chi connectivity index (χ2n) is 23.5. The van der Waals surface area contributed by atoms with Crippen LogP contribution in [0.25, 0.3) is 0 Å². The summed E-state index contributed by atoms with van der Waals surface area (Å²) in [6.07, 6.45) is 10.2. The van der Waals surface area contributed by atoms with E-state index in [0.717, 1.165) is 43.2 Å². The van der Waals surface area contributed by atoms with E-state index in [2.05, 4.69) is 47.9 Å². The molecule has 4 saturated heterocycles. The SMILES string of the molecule is CC[C@H](NC)C(=O)N[C@@H]1C(=O)N2[C@@H](CC[C@@H]1CNC(=O)COCC(=O)NCCCCCCCCNC(=O)[C@@H](NC(=O)[C@@H]1CC[C@@H]3CC[C@H](CO)[C@H](NC(=O)[C@H](CC)NC)C(=O)N31)c1ccccc1)CC[C@H]2C(=O)NC(c1ccccc1)c1ccccc1. The van der Waals surface area contributed by atoms with Crippen molar-refractivity contribution in [1.82, 2.24) is 57.7 Å². The van der Waals surface area contributed by atoms with E-state index in [-0.39, 0.29) is 73.9 Å². The van der Waals surface area contributed by atoms with Gasteiger partial charge in [-0.25, -0.2) is 0 Å². The minimum Gasteiger partial charge on any atom is -0.396 e. The Balaban J connectivity index is 0.798. The molecule has 9 amide bonds. The van der Waals surface area contributed by atoms with Gasteiger partial charge < -0.3 is 67.5 Å². The fraction of sp³-hybridized carbons (Fsp3) is 0.585. The van der Waals surface area contributed by atoms with Crippen LogP contribution in [-0.4, -0.2) is 170 Å². The molecule has 3 aromatic rings. The Morgan fingerprint density at radius 2 is 0.943 bits per heavy atom. The molecular weight excluding hydrogens is 1110 g/mol. The maximum atomic E-state index is 14.7. The quantitative estimate of drug-likeness (QED) is 0.0403. The number of carbonyl (C=O) groups is 9. The molecule has 3 aromatic carbocycles. The van der Waals surface area contributed by atoms with Gasteiger partial charge in [-0.15, -0.1) is 0 Å². The fourth-order valence-corrected chi connectivity index (χ4v) is 12.9. The average molecular weight is 1200 g/mol. The largest absolute Gasteiger partial charge is 0.396 e. The number of hydrogen-bond acceptors (Lipinski definition) is 13. The molecular formula is C65H93N11O11. The summed E-state index contributed by atoms with van der Waals surface area (Å²) in [6, 6.07) is 21.7. The summed E-state index contributed by atoms with van der Waals surface area (Å²) in [5.74, 6) is -4.38. The van der Waals surface area contributed by atoms with E-state index in [1.165, 1.54) is 0 Å². The zero-order chi connectivity index (χ0) is 62.2. The van der Waals surface area contributed by atoms with Crippen molar-refractivity contribution >= 4 is 53.2 Å². The summed E-state index contributed by atoms with van der Waals surface area (Å²) in [5.41, 5.74) is 2.40. The van der Waals surface area contributed by atoms with E-state index >= 15 is 0 Å². The molecule has 0 aromatic heterocycles. The van der Waals surface area contributed by atoms with Crippen molar-refractivity contribution in [2.24, 2.45) is 11.8 Å². The molecule has 0 spiro atoms. The van der Waals surface area contributed by atoms with Crippen LogP contribution < -0.4 is 47.9 Å². The minimum atomic E-state index is -1.01. The Morgan fingerprint density at radius 3 is 1.43 bits per heavy atom. The zero-order valence-electron chi connectivity index (χ0n) is 51.1. The maximum absolute atomic E-state index is 14.7. The summed E-state index contributed by atoms with van der Waals surface area (Å²) in [4.78, 5) is 127. The molecule has 4 fully saturated rings. The molecule has 474 valence electrons. The second-order valence-corrected chi connectivity index (χ2v) is 23.5. The lowest BCUT2D eigenvalue weighted by Crippen LogP contribution is -2.59. The van der Waals surface area contributed by atoms with Crippen molar-refractivity contribution in [2.75, 3.05) is 53.6 Å². The number of aliphatic hydroxyl groups excluding tert-OH is 1. The number of amides is 9. The van der Waals surface area contributed by atoms with Crippen molar-refractivity contribution in [2.45, 2.75) is 177 Å². The summed E-state index contributed by atoms with van der Waals surface area (Å²) < 4.78 is 5.48. The lowest BCUT2D eigenvalue weighted by molar-refractivity contribution is -0.144. The van der Waals surface area contributed by atoms with Crippen LogP contribution in [0.3, 0.4) is 0 Å². The van der Waals surface area contributed by atoms with Crippen molar-refractivity contribution in [1.29, 1.82) is 0 Å². The highest BCUT2D eigenvalue weighted by Gasteiger charge is 2.50. The Hall–Kier alpha value is -7.27. The first kappa shape index (κ1) is 67.2. The van der Waals surface area contributed by atoms with Crippen LogP contribution in [0.5, 0.6) is 0 Å². The number of ether oxygens (including phenoxy) is 1. The van der Waals surface area contributed by atoms with Crippen molar-refractivity contribution in [3.8, 4) is 0 Å². The number of carbonyl (C=O) groups excluding carboxylic acids is 9. The lowest BCUT2D eigenvalue weighted by Gasteiger charge is -2.33. The van der Waals surface area contributed by atoms with Crippen LogP contribution in [-0.2, 0) is 47.9 Å². The van der Waals surface area contributed by atoms with Crippen LogP contribution in [0.1, 0.15) is 145 Å². The molecule has 4 aliphatic heterocycles. The molecule has 0 unspecified atom stereocenters. The molecule has 22 heteroatoms. The molecule has 0 aliphatic carbocycles. The van der Waals surface area contributed by atoms with E-state index in [0.29, 0.717) is 89.3 Å². The third kappa shape index (κ3) is 18.4.